The van der Waals surface area contributed by atoms with Crippen LogP contribution in [0.15, 0.2) is 52.5 Å². The van der Waals surface area contributed by atoms with E-state index >= 15 is 0 Å². The number of amides is 1. The number of ether oxygens (including phenoxy) is 2. The molecule has 3 heterocycles. The van der Waals surface area contributed by atoms with Crippen LogP contribution in [0.25, 0.3) is 0 Å². The van der Waals surface area contributed by atoms with Gasteiger partial charge in [-0.2, -0.15) is 0 Å². The fraction of sp³-hybridized carbons (Fsp3) is 0.381. The molecule has 1 amide bonds. The first-order valence-corrected chi connectivity index (χ1v) is 10.8. The Bertz CT molecular complexity index is 987. The third kappa shape index (κ3) is 4.79. The number of furan rings is 1. The Morgan fingerprint density at radius 1 is 1.23 bits per heavy atom. The Morgan fingerprint density at radius 2 is 2.07 bits per heavy atom. The minimum Gasteiger partial charge on any atom is -0.486 e. The molecule has 1 aromatic carbocycles. The van der Waals surface area contributed by atoms with E-state index in [4.69, 9.17) is 13.9 Å². The highest BCUT2D eigenvalue weighted by atomic mass is 32.2. The van der Waals surface area contributed by atoms with Gasteiger partial charge in [0.15, 0.2) is 16.7 Å². The standard InChI is InChI=1S/C21H24N4O4S/c1-14(2)20(15-5-6-17-18(10-15)29-9-8-28-17)23-19(26)12-30-21-24-22-13-25(21)11-16-4-3-7-27-16/h3-7,10,13-14,20H,8-9,11-12H2,1-2H3,(H,23,26)/t20-/m1/s1. The first kappa shape index (κ1) is 20.3. The van der Waals surface area contributed by atoms with Gasteiger partial charge >= 0.3 is 0 Å². The molecule has 30 heavy (non-hydrogen) atoms. The second-order valence-electron chi connectivity index (χ2n) is 7.30. The number of nitrogens with one attached hydrogen (secondary N) is 1. The van der Waals surface area contributed by atoms with Gasteiger partial charge in [0.1, 0.15) is 25.3 Å². The summed E-state index contributed by atoms with van der Waals surface area (Å²) in [4.78, 5) is 12.7. The van der Waals surface area contributed by atoms with Crippen LogP contribution in [0.4, 0.5) is 0 Å². The van der Waals surface area contributed by atoms with Crippen molar-refractivity contribution in [3.8, 4) is 11.5 Å². The molecular weight excluding hydrogens is 404 g/mol. The number of fused-ring (bicyclic) bond motifs is 1. The van der Waals surface area contributed by atoms with E-state index in [1.54, 1.807) is 12.6 Å². The van der Waals surface area contributed by atoms with Gasteiger partial charge in [-0.05, 0) is 35.7 Å². The van der Waals surface area contributed by atoms with Gasteiger partial charge in [0.2, 0.25) is 5.91 Å². The van der Waals surface area contributed by atoms with Gasteiger partial charge in [-0.1, -0.05) is 31.7 Å². The molecule has 0 saturated carbocycles. The molecule has 8 nitrogen and oxygen atoms in total. The predicted molar refractivity (Wildman–Crippen MR) is 112 cm³/mol. The van der Waals surface area contributed by atoms with Gasteiger partial charge in [0.05, 0.1) is 24.6 Å². The average molecular weight is 429 g/mol. The summed E-state index contributed by atoms with van der Waals surface area (Å²) in [5.41, 5.74) is 0.994. The summed E-state index contributed by atoms with van der Waals surface area (Å²) in [5, 5.41) is 11.9. The van der Waals surface area contributed by atoms with E-state index in [9.17, 15) is 4.79 Å². The van der Waals surface area contributed by atoms with Gasteiger partial charge in [0, 0.05) is 0 Å². The molecule has 1 N–H and O–H groups in total. The van der Waals surface area contributed by atoms with Gasteiger partial charge in [-0.3, -0.25) is 4.79 Å². The molecule has 1 atom stereocenters. The lowest BCUT2D eigenvalue weighted by Crippen LogP contribution is -2.33. The second kappa shape index (κ2) is 9.25. The number of rotatable bonds is 8. The fourth-order valence-corrected chi connectivity index (χ4v) is 3.99. The summed E-state index contributed by atoms with van der Waals surface area (Å²) in [6, 6.07) is 9.43. The zero-order valence-corrected chi connectivity index (χ0v) is 17.7. The lowest BCUT2D eigenvalue weighted by molar-refractivity contribution is -0.119. The van der Waals surface area contributed by atoms with Crippen LogP contribution in [0.1, 0.15) is 31.2 Å². The van der Waals surface area contributed by atoms with Crippen LogP contribution in [0.3, 0.4) is 0 Å². The van der Waals surface area contributed by atoms with E-state index in [1.807, 2.05) is 34.9 Å². The summed E-state index contributed by atoms with van der Waals surface area (Å²) in [7, 11) is 0. The number of hydrogen-bond donors (Lipinski definition) is 1. The molecule has 1 aliphatic heterocycles. The first-order valence-electron chi connectivity index (χ1n) is 9.82. The topological polar surface area (TPSA) is 91.4 Å². The molecule has 0 spiro atoms. The second-order valence-corrected chi connectivity index (χ2v) is 8.24. The third-order valence-corrected chi connectivity index (χ3v) is 5.71. The molecule has 3 aromatic rings. The van der Waals surface area contributed by atoms with Gasteiger partial charge < -0.3 is 23.8 Å². The zero-order chi connectivity index (χ0) is 20.9. The first-order chi connectivity index (χ1) is 14.6. The van der Waals surface area contributed by atoms with E-state index in [1.165, 1.54) is 11.8 Å². The number of thioether (sulfide) groups is 1. The molecule has 0 fully saturated rings. The molecule has 158 valence electrons. The van der Waals surface area contributed by atoms with Crippen LogP contribution >= 0.6 is 11.8 Å². The number of carbonyl (C=O) groups is 1. The van der Waals surface area contributed by atoms with Crippen molar-refractivity contribution in [2.24, 2.45) is 5.92 Å². The van der Waals surface area contributed by atoms with E-state index in [0.717, 1.165) is 22.8 Å². The monoisotopic (exact) mass is 428 g/mol. The molecule has 4 rings (SSSR count). The Hall–Kier alpha value is -2.94. The third-order valence-electron chi connectivity index (χ3n) is 4.73. The van der Waals surface area contributed by atoms with E-state index in [2.05, 4.69) is 29.4 Å². The minimum atomic E-state index is -0.130. The molecule has 0 bridgehead atoms. The summed E-state index contributed by atoms with van der Waals surface area (Å²) >= 11 is 1.35. The highest BCUT2D eigenvalue weighted by Crippen LogP contribution is 2.34. The summed E-state index contributed by atoms with van der Waals surface area (Å²) in [6.07, 6.45) is 3.26. The maximum Gasteiger partial charge on any atom is 0.230 e. The molecular formula is C21H24N4O4S. The van der Waals surface area contributed by atoms with Crippen molar-refractivity contribution in [2.45, 2.75) is 31.6 Å². The molecule has 0 aliphatic carbocycles. The zero-order valence-electron chi connectivity index (χ0n) is 16.9. The van der Waals surface area contributed by atoms with Gasteiger partial charge in [0.25, 0.3) is 0 Å². The largest absolute Gasteiger partial charge is 0.486 e. The normalized spacial score (nSPS) is 14.0. The van der Waals surface area contributed by atoms with E-state index < -0.39 is 0 Å². The van der Waals surface area contributed by atoms with Gasteiger partial charge in [-0.15, -0.1) is 10.2 Å². The Labute approximate surface area is 179 Å². The van der Waals surface area contributed by atoms with Crippen molar-refractivity contribution >= 4 is 17.7 Å². The molecule has 1 aliphatic rings. The van der Waals surface area contributed by atoms with Crippen LogP contribution < -0.4 is 14.8 Å². The van der Waals surface area contributed by atoms with Crippen LogP contribution in [0.5, 0.6) is 11.5 Å². The highest BCUT2D eigenvalue weighted by molar-refractivity contribution is 7.99. The molecule has 9 heteroatoms. The maximum atomic E-state index is 12.7. The average Bonchev–Trinajstić information content (AvgIpc) is 3.42. The maximum absolute atomic E-state index is 12.7. The number of hydrogen-bond acceptors (Lipinski definition) is 7. The lowest BCUT2D eigenvalue weighted by atomic mass is 9.95. The van der Waals surface area contributed by atoms with Gasteiger partial charge in [-0.25, -0.2) is 0 Å². The van der Waals surface area contributed by atoms with Crippen molar-refractivity contribution in [3.63, 3.8) is 0 Å². The van der Waals surface area contributed by atoms with Crippen molar-refractivity contribution in [1.82, 2.24) is 20.1 Å². The highest BCUT2D eigenvalue weighted by Gasteiger charge is 2.22. The lowest BCUT2D eigenvalue weighted by Gasteiger charge is -2.25. The number of aromatic nitrogens is 3. The van der Waals surface area contributed by atoms with Crippen LogP contribution in [0, 0.1) is 5.92 Å². The minimum absolute atomic E-state index is 0.0684. The van der Waals surface area contributed by atoms with Crippen LogP contribution in [-0.2, 0) is 11.3 Å². The summed E-state index contributed by atoms with van der Waals surface area (Å²) in [5.74, 6) is 2.65. The van der Waals surface area contributed by atoms with Crippen molar-refractivity contribution in [3.05, 3.63) is 54.2 Å². The predicted octanol–water partition coefficient (Wildman–Crippen LogP) is 3.30. The van der Waals surface area contributed by atoms with Crippen LogP contribution in [-0.4, -0.2) is 39.6 Å². The van der Waals surface area contributed by atoms with E-state index in [0.29, 0.717) is 24.9 Å². The Morgan fingerprint density at radius 3 is 2.83 bits per heavy atom. The molecule has 0 radical (unpaired) electrons. The van der Waals surface area contributed by atoms with Crippen molar-refractivity contribution in [2.75, 3.05) is 19.0 Å². The van der Waals surface area contributed by atoms with Crippen LogP contribution in [0.2, 0.25) is 0 Å². The fourth-order valence-electron chi connectivity index (χ4n) is 3.27. The smallest absolute Gasteiger partial charge is 0.230 e. The SMILES string of the molecule is CC(C)[C@@H](NC(=O)CSc1nncn1Cc1ccco1)c1ccc2c(c1)OCCO2. The quantitative estimate of drug-likeness (QED) is 0.551. The molecule has 0 unspecified atom stereocenters. The summed E-state index contributed by atoms with van der Waals surface area (Å²) in [6.45, 7) is 5.77. The molecule has 0 saturated heterocycles. The summed E-state index contributed by atoms with van der Waals surface area (Å²) < 4.78 is 18.5. The number of carbonyl (C=O) groups excluding carboxylic acids is 1. The Kier molecular flexibility index (Phi) is 6.27. The molecule has 2 aromatic heterocycles. The number of benzene rings is 1. The van der Waals surface area contributed by atoms with E-state index in [-0.39, 0.29) is 23.6 Å². The Balaban J connectivity index is 1.38. The van der Waals surface area contributed by atoms with Crippen molar-refractivity contribution in [1.29, 1.82) is 0 Å². The number of nitrogens with zero attached hydrogens (tertiary/aromatic N) is 3. The van der Waals surface area contributed by atoms with Crippen molar-refractivity contribution < 1.29 is 18.7 Å².